The summed E-state index contributed by atoms with van der Waals surface area (Å²) in [7, 11) is 0. The molecule has 0 amide bonds. The van der Waals surface area contributed by atoms with Crippen LogP contribution >= 0.6 is 11.3 Å². The van der Waals surface area contributed by atoms with Gasteiger partial charge in [-0.3, -0.25) is 0 Å². The van der Waals surface area contributed by atoms with E-state index in [4.69, 9.17) is 11.5 Å². The monoisotopic (exact) mass is 411 g/mol. The Kier molecular flexibility index (Phi) is 4.95. The molecule has 148 valence electrons. The number of halogens is 1. The first-order valence-corrected chi connectivity index (χ1v) is 9.58. The van der Waals surface area contributed by atoms with Crippen LogP contribution in [-0.2, 0) is 6.54 Å². The van der Waals surface area contributed by atoms with Gasteiger partial charge in [-0.15, -0.1) is 0 Å². The Morgan fingerprint density at radius 3 is 2.90 bits per heavy atom. The first-order valence-electron chi connectivity index (χ1n) is 8.76. The van der Waals surface area contributed by atoms with E-state index in [1.54, 1.807) is 12.3 Å². The fraction of sp³-hybridized carbons (Fsp3) is 0.158. The summed E-state index contributed by atoms with van der Waals surface area (Å²) in [6.45, 7) is 1.94. The summed E-state index contributed by atoms with van der Waals surface area (Å²) >= 11 is 1.44. The number of anilines is 1. The minimum atomic E-state index is -0.420. The van der Waals surface area contributed by atoms with E-state index in [0.717, 1.165) is 31.6 Å². The third-order valence-corrected chi connectivity index (χ3v) is 5.43. The molecular formula is C19H18FN7OS. The van der Waals surface area contributed by atoms with Crippen LogP contribution in [0.5, 0.6) is 0 Å². The molecule has 0 fully saturated rings. The quantitative estimate of drug-likeness (QED) is 0.521. The zero-order valence-corrected chi connectivity index (χ0v) is 16.4. The smallest absolute Gasteiger partial charge is 0.351 e. The zero-order valence-electron chi connectivity index (χ0n) is 15.5. The first-order chi connectivity index (χ1) is 14.0. The molecular weight excluding hydrogens is 393 g/mol. The highest BCUT2D eigenvalue weighted by molar-refractivity contribution is 7.22. The third-order valence-electron chi connectivity index (χ3n) is 4.56. The van der Waals surface area contributed by atoms with Crippen molar-refractivity contribution in [3.63, 3.8) is 0 Å². The average Bonchev–Trinajstić information content (AvgIpc) is 3.26. The summed E-state index contributed by atoms with van der Waals surface area (Å²) in [5, 5.41) is 4.55. The molecule has 29 heavy (non-hydrogen) atoms. The normalized spacial score (nSPS) is 12.0. The van der Waals surface area contributed by atoms with Crippen LogP contribution in [0.1, 0.15) is 5.56 Å². The lowest BCUT2D eigenvalue weighted by molar-refractivity contribution is 0.612. The van der Waals surface area contributed by atoms with Crippen molar-refractivity contribution in [2.45, 2.75) is 13.5 Å². The summed E-state index contributed by atoms with van der Waals surface area (Å²) in [4.78, 5) is 21.3. The van der Waals surface area contributed by atoms with Gasteiger partial charge in [-0.05, 0) is 41.8 Å². The zero-order chi connectivity index (χ0) is 20.5. The topological polar surface area (TPSA) is 118 Å². The maximum atomic E-state index is 12.7. The van der Waals surface area contributed by atoms with Crippen LogP contribution in [0.4, 0.5) is 9.52 Å². The fourth-order valence-corrected chi connectivity index (χ4v) is 3.74. The Balaban J connectivity index is 1.68. The van der Waals surface area contributed by atoms with Crippen molar-refractivity contribution in [1.29, 1.82) is 0 Å². The van der Waals surface area contributed by atoms with Crippen molar-refractivity contribution in [2.24, 2.45) is 5.73 Å². The number of nitrogen functional groups attached to an aromatic ring is 1. The fourth-order valence-electron chi connectivity index (χ4n) is 3.03. The average molecular weight is 411 g/mol. The molecule has 10 heteroatoms. The standard InChI is InChI=1S/C19H18FN7OS/c1-11-4-17(26-10-24-27(19(26)28)9-12(6-20)7-21)23-8-14(11)13-2-3-16-15(5-13)25-18(22)29-16/h2-6,8,10H,7,9,21H2,1H3,(H2,22,25)/b12-6+. The van der Waals surface area contributed by atoms with E-state index in [2.05, 4.69) is 15.1 Å². The molecule has 0 unspecified atom stereocenters. The van der Waals surface area contributed by atoms with Crippen LogP contribution in [0.3, 0.4) is 0 Å². The van der Waals surface area contributed by atoms with Crippen LogP contribution in [0.25, 0.3) is 27.2 Å². The van der Waals surface area contributed by atoms with Crippen molar-refractivity contribution >= 4 is 26.7 Å². The van der Waals surface area contributed by atoms with Crippen LogP contribution in [0, 0.1) is 6.92 Å². The number of nitrogens with two attached hydrogens (primary N) is 2. The number of pyridine rings is 1. The molecule has 4 N–H and O–H groups in total. The number of rotatable bonds is 5. The van der Waals surface area contributed by atoms with Crippen molar-refractivity contribution < 1.29 is 4.39 Å². The highest BCUT2D eigenvalue weighted by atomic mass is 32.1. The molecule has 0 spiro atoms. The number of aromatic nitrogens is 5. The van der Waals surface area contributed by atoms with E-state index >= 15 is 0 Å². The van der Waals surface area contributed by atoms with Crippen molar-refractivity contribution in [3.8, 4) is 16.9 Å². The summed E-state index contributed by atoms with van der Waals surface area (Å²) in [6, 6.07) is 7.74. The molecule has 0 aliphatic rings. The summed E-state index contributed by atoms with van der Waals surface area (Å²) < 4.78 is 16.2. The highest BCUT2D eigenvalue weighted by Gasteiger charge is 2.12. The Bertz CT molecular complexity index is 1290. The second-order valence-corrected chi connectivity index (χ2v) is 7.57. The Morgan fingerprint density at radius 2 is 2.17 bits per heavy atom. The molecule has 0 atom stereocenters. The van der Waals surface area contributed by atoms with Gasteiger partial charge in [0.05, 0.1) is 23.1 Å². The summed E-state index contributed by atoms with van der Waals surface area (Å²) in [5.41, 5.74) is 14.7. The van der Waals surface area contributed by atoms with Gasteiger partial charge in [0.25, 0.3) is 0 Å². The number of hydrogen-bond acceptors (Lipinski definition) is 7. The van der Waals surface area contributed by atoms with Crippen LogP contribution in [0.15, 0.2) is 53.5 Å². The lowest BCUT2D eigenvalue weighted by Gasteiger charge is -2.08. The molecule has 4 rings (SSSR count). The predicted molar refractivity (Wildman–Crippen MR) is 112 cm³/mol. The molecule has 0 aliphatic heterocycles. The van der Waals surface area contributed by atoms with E-state index in [1.807, 2.05) is 25.1 Å². The lowest BCUT2D eigenvalue weighted by Crippen LogP contribution is -2.26. The number of fused-ring (bicyclic) bond motifs is 1. The molecule has 0 saturated heterocycles. The highest BCUT2D eigenvalue weighted by Crippen LogP contribution is 2.30. The Hall–Kier alpha value is -3.37. The number of aryl methyl sites for hydroxylation is 1. The van der Waals surface area contributed by atoms with E-state index < -0.39 is 5.69 Å². The van der Waals surface area contributed by atoms with Gasteiger partial charge >= 0.3 is 5.69 Å². The summed E-state index contributed by atoms with van der Waals surface area (Å²) in [6.07, 6.45) is 3.47. The molecule has 3 aromatic heterocycles. The molecule has 0 aliphatic carbocycles. The molecule has 4 aromatic rings. The minimum Gasteiger partial charge on any atom is -0.375 e. The third kappa shape index (κ3) is 3.55. The molecule has 0 radical (unpaired) electrons. The van der Waals surface area contributed by atoms with Gasteiger partial charge in [0.1, 0.15) is 12.1 Å². The van der Waals surface area contributed by atoms with Gasteiger partial charge in [-0.1, -0.05) is 17.4 Å². The largest absolute Gasteiger partial charge is 0.375 e. The van der Waals surface area contributed by atoms with E-state index in [0.29, 0.717) is 17.3 Å². The number of nitrogens with zero attached hydrogens (tertiary/aromatic N) is 5. The van der Waals surface area contributed by atoms with Crippen LogP contribution < -0.4 is 17.2 Å². The molecule has 1 aromatic carbocycles. The van der Waals surface area contributed by atoms with Crippen LogP contribution in [-0.4, -0.2) is 30.9 Å². The number of thiazole rings is 1. The van der Waals surface area contributed by atoms with E-state index in [1.165, 1.54) is 22.2 Å². The van der Waals surface area contributed by atoms with Gasteiger partial charge in [0.15, 0.2) is 5.13 Å². The maximum absolute atomic E-state index is 12.7. The molecule has 0 saturated carbocycles. The van der Waals surface area contributed by atoms with Crippen molar-refractivity contribution in [3.05, 3.63) is 64.7 Å². The maximum Gasteiger partial charge on any atom is 0.351 e. The first kappa shape index (κ1) is 19.0. The molecule has 3 heterocycles. The second-order valence-electron chi connectivity index (χ2n) is 6.50. The van der Waals surface area contributed by atoms with E-state index in [-0.39, 0.29) is 18.7 Å². The van der Waals surface area contributed by atoms with Crippen LogP contribution in [0.2, 0.25) is 0 Å². The van der Waals surface area contributed by atoms with Gasteiger partial charge < -0.3 is 11.5 Å². The van der Waals surface area contributed by atoms with Gasteiger partial charge in [0, 0.05) is 18.3 Å². The Morgan fingerprint density at radius 1 is 1.34 bits per heavy atom. The number of benzene rings is 1. The SMILES string of the molecule is Cc1cc(-n2cnn(C/C(=C/F)CN)c2=O)ncc1-c1ccc2sc(N)nc2c1. The summed E-state index contributed by atoms with van der Waals surface area (Å²) in [5.74, 6) is 0.431. The molecule has 8 nitrogen and oxygen atoms in total. The molecule has 0 bridgehead atoms. The van der Waals surface area contributed by atoms with Gasteiger partial charge in [0.2, 0.25) is 0 Å². The van der Waals surface area contributed by atoms with Crippen molar-refractivity contribution in [2.75, 3.05) is 12.3 Å². The second kappa shape index (κ2) is 7.57. The number of hydrogen-bond donors (Lipinski definition) is 2. The predicted octanol–water partition coefficient (Wildman–Crippen LogP) is 2.41. The van der Waals surface area contributed by atoms with Crippen molar-refractivity contribution in [1.82, 2.24) is 24.3 Å². The van der Waals surface area contributed by atoms with Gasteiger partial charge in [-0.2, -0.15) is 5.10 Å². The van der Waals surface area contributed by atoms with Gasteiger partial charge in [-0.25, -0.2) is 28.4 Å². The lowest BCUT2D eigenvalue weighted by atomic mass is 10.0. The van der Waals surface area contributed by atoms with E-state index in [9.17, 15) is 9.18 Å². The minimum absolute atomic E-state index is 0.00726. The Labute approximate surface area is 168 Å².